The number of carboxylic acids is 1. The van der Waals surface area contributed by atoms with Crippen molar-refractivity contribution in [1.29, 1.82) is 0 Å². The van der Waals surface area contributed by atoms with Crippen LogP contribution in [0.25, 0.3) is 11.2 Å². The zero-order valence-corrected chi connectivity index (χ0v) is 19.4. The molecule has 2 aromatic heterocycles. The van der Waals surface area contributed by atoms with Gasteiger partial charge in [-0.25, -0.2) is 14.8 Å². The summed E-state index contributed by atoms with van der Waals surface area (Å²) >= 11 is 0. The molecule has 0 saturated heterocycles. The molecule has 3 rings (SSSR count). The molecule has 35 heavy (non-hydrogen) atoms. The predicted molar refractivity (Wildman–Crippen MR) is 129 cm³/mol. The molecule has 3 aromatic rings. The minimum atomic E-state index is -1.19. The maximum atomic E-state index is 12.5. The molecule has 0 spiro atoms. The molecule has 0 saturated carbocycles. The number of aromatic amines is 1. The molecular weight excluding hydrogens is 454 g/mol. The smallest absolute Gasteiger partial charge is 0.326 e. The number of ketones is 1. The van der Waals surface area contributed by atoms with E-state index >= 15 is 0 Å². The summed E-state index contributed by atoms with van der Waals surface area (Å²) in [6, 6.07) is 5.24. The fourth-order valence-corrected chi connectivity index (χ4v) is 3.35. The number of rotatable bonds is 11. The number of carboxylic acid groups (broad SMARTS) is 1. The quantitative estimate of drug-likeness (QED) is 0.268. The van der Waals surface area contributed by atoms with Gasteiger partial charge < -0.3 is 21.5 Å². The first kappa shape index (κ1) is 25.3. The molecule has 2 heterocycles. The lowest BCUT2D eigenvalue weighted by atomic mass is 10.0. The van der Waals surface area contributed by atoms with Gasteiger partial charge in [0.2, 0.25) is 5.95 Å². The van der Waals surface area contributed by atoms with Gasteiger partial charge in [0.15, 0.2) is 11.2 Å². The first-order valence-electron chi connectivity index (χ1n) is 11.0. The Labute approximate surface area is 200 Å². The van der Waals surface area contributed by atoms with Crippen molar-refractivity contribution in [3.05, 3.63) is 52.1 Å². The number of nitrogens with two attached hydrogens (primary N) is 1. The predicted octanol–water partition coefficient (Wildman–Crippen LogP) is 1.49. The van der Waals surface area contributed by atoms with Crippen LogP contribution in [-0.4, -0.2) is 48.7 Å². The monoisotopic (exact) mass is 481 g/mol. The van der Waals surface area contributed by atoms with Crippen LogP contribution >= 0.6 is 0 Å². The highest BCUT2D eigenvalue weighted by atomic mass is 16.4. The molecule has 1 unspecified atom stereocenters. The summed E-state index contributed by atoms with van der Waals surface area (Å²) in [4.78, 5) is 62.5. The van der Waals surface area contributed by atoms with Gasteiger partial charge in [0.05, 0.1) is 18.4 Å². The van der Waals surface area contributed by atoms with Crippen LogP contribution in [0, 0.1) is 5.92 Å². The van der Waals surface area contributed by atoms with Crippen molar-refractivity contribution in [2.75, 3.05) is 11.1 Å². The van der Waals surface area contributed by atoms with Crippen LogP contribution in [0.2, 0.25) is 0 Å². The summed E-state index contributed by atoms with van der Waals surface area (Å²) in [6.07, 6.45) is 1.97. The number of nitrogen functional groups attached to an aromatic ring is 1. The number of H-pyrrole nitrogens is 1. The zero-order valence-electron chi connectivity index (χ0n) is 19.4. The molecule has 12 nitrogen and oxygen atoms in total. The van der Waals surface area contributed by atoms with Crippen LogP contribution in [0.4, 0.5) is 11.6 Å². The number of nitrogens with zero attached hydrogens (tertiary/aromatic N) is 3. The number of aliphatic carboxylic acids is 1. The van der Waals surface area contributed by atoms with E-state index in [1.54, 1.807) is 24.3 Å². The van der Waals surface area contributed by atoms with Crippen molar-refractivity contribution in [2.24, 2.45) is 5.92 Å². The van der Waals surface area contributed by atoms with E-state index in [9.17, 15) is 24.3 Å². The first-order valence-corrected chi connectivity index (χ1v) is 11.0. The number of Topliss-reactive ketones (excluding diaryl/α,β-unsaturated/α-hetero) is 1. The van der Waals surface area contributed by atoms with Crippen LogP contribution in [0.5, 0.6) is 0 Å². The number of carbonyl (C=O) groups excluding carboxylic acids is 2. The number of aromatic nitrogens is 4. The zero-order chi connectivity index (χ0) is 25.5. The van der Waals surface area contributed by atoms with Crippen molar-refractivity contribution >= 4 is 40.5 Å². The number of anilines is 2. The average molecular weight is 482 g/mol. The number of hydrogen-bond acceptors (Lipinski definition) is 9. The van der Waals surface area contributed by atoms with E-state index in [4.69, 9.17) is 5.73 Å². The molecule has 0 aliphatic rings. The van der Waals surface area contributed by atoms with Gasteiger partial charge in [0.1, 0.15) is 11.8 Å². The molecule has 1 amide bonds. The van der Waals surface area contributed by atoms with Crippen LogP contribution in [0.1, 0.15) is 49.2 Å². The molecule has 184 valence electrons. The lowest BCUT2D eigenvalue weighted by Gasteiger charge is -2.15. The van der Waals surface area contributed by atoms with Gasteiger partial charge in [0.25, 0.3) is 11.5 Å². The van der Waals surface area contributed by atoms with Crippen molar-refractivity contribution in [3.63, 3.8) is 0 Å². The average Bonchev–Trinajstić information content (AvgIpc) is 2.80. The van der Waals surface area contributed by atoms with Gasteiger partial charge in [-0.1, -0.05) is 13.8 Å². The third-order valence-corrected chi connectivity index (χ3v) is 5.06. The summed E-state index contributed by atoms with van der Waals surface area (Å²) in [5.41, 5.74) is 6.67. The summed E-state index contributed by atoms with van der Waals surface area (Å²) in [6.45, 7) is 4.08. The van der Waals surface area contributed by atoms with E-state index in [2.05, 4.69) is 30.6 Å². The number of hydrogen-bond donors (Lipinski definition) is 5. The van der Waals surface area contributed by atoms with Gasteiger partial charge in [-0.2, -0.15) is 4.98 Å². The van der Waals surface area contributed by atoms with E-state index in [1.165, 1.54) is 6.20 Å². The van der Waals surface area contributed by atoms with Crippen LogP contribution in [0.15, 0.2) is 35.3 Å². The van der Waals surface area contributed by atoms with E-state index in [1.807, 2.05) is 13.8 Å². The summed E-state index contributed by atoms with van der Waals surface area (Å²) in [7, 11) is 0. The number of fused-ring (bicyclic) bond motifs is 1. The number of nitrogens with one attached hydrogen (secondary N) is 3. The third-order valence-electron chi connectivity index (χ3n) is 5.06. The highest BCUT2D eigenvalue weighted by molar-refractivity contribution is 5.97. The molecule has 0 aliphatic carbocycles. The Morgan fingerprint density at radius 2 is 1.86 bits per heavy atom. The SMILES string of the molecule is CC(C)CC(=O)CCC(NC(=O)c1ccc(NCc2cnc3nc(N)[nH]c(=O)c3n2)cc1)C(=O)O. The van der Waals surface area contributed by atoms with E-state index in [-0.39, 0.29) is 53.8 Å². The number of amides is 1. The van der Waals surface area contributed by atoms with Gasteiger partial charge in [-0.3, -0.25) is 19.4 Å². The van der Waals surface area contributed by atoms with E-state index in [0.29, 0.717) is 17.8 Å². The fraction of sp³-hybridized carbons (Fsp3) is 0.348. The molecule has 0 aliphatic heterocycles. The molecule has 1 aromatic carbocycles. The minimum absolute atomic E-state index is 0.0305. The maximum Gasteiger partial charge on any atom is 0.326 e. The Balaban J connectivity index is 1.58. The third kappa shape index (κ3) is 7.06. The number of carbonyl (C=O) groups is 3. The highest BCUT2D eigenvalue weighted by Crippen LogP contribution is 2.13. The van der Waals surface area contributed by atoms with Crippen LogP contribution in [0.3, 0.4) is 0 Å². The molecule has 0 fully saturated rings. The molecule has 12 heteroatoms. The topological polar surface area (TPSA) is 193 Å². The molecule has 1 atom stereocenters. The van der Waals surface area contributed by atoms with E-state index < -0.39 is 23.5 Å². The van der Waals surface area contributed by atoms with Gasteiger partial charge in [-0.15, -0.1) is 0 Å². The second-order valence-corrected chi connectivity index (χ2v) is 8.46. The molecular formula is C23H27N7O5. The van der Waals surface area contributed by atoms with Crippen LogP contribution in [-0.2, 0) is 16.1 Å². The molecule has 6 N–H and O–H groups in total. The van der Waals surface area contributed by atoms with Crippen molar-refractivity contribution in [2.45, 2.75) is 45.7 Å². The van der Waals surface area contributed by atoms with Crippen molar-refractivity contribution in [1.82, 2.24) is 25.3 Å². The summed E-state index contributed by atoms with van der Waals surface area (Å²) in [5, 5.41) is 15.0. The highest BCUT2D eigenvalue weighted by Gasteiger charge is 2.22. The number of benzene rings is 1. The fourth-order valence-electron chi connectivity index (χ4n) is 3.35. The Bertz CT molecular complexity index is 1290. The lowest BCUT2D eigenvalue weighted by Crippen LogP contribution is -2.41. The first-order chi connectivity index (χ1) is 16.6. The molecule has 0 bridgehead atoms. The van der Waals surface area contributed by atoms with E-state index in [0.717, 1.165) is 0 Å². The van der Waals surface area contributed by atoms with Crippen molar-refractivity contribution < 1.29 is 19.5 Å². The minimum Gasteiger partial charge on any atom is -0.480 e. The Morgan fingerprint density at radius 3 is 2.51 bits per heavy atom. The van der Waals surface area contributed by atoms with Gasteiger partial charge >= 0.3 is 5.97 Å². The van der Waals surface area contributed by atoms with Crippen molar-refractivity contribution in [3.8, 4) is 0 Å². The normalized spacial score (nSPS) is 11.9. The largest absolute Gasteiger partial charge is 0.480 e. The Kier molecular flexibility index (Phi) is 8.08. The maximum absolute atomic E-state index is 12.5. The summed E-state index contributed by atoms with van der Waals surface area (Å²) in [5.74, 6) is -1.62. The second-order valence-electron chi connectivity index (χ2n) is 8.46. The summed E-state index contributed by atoms with van der Waals surface area (Å²) < 4.78 is 0. The standard InChI is InChI=1S/C23H27N7O5/c1-12(2)9-16(31)7-8-17(22(34)35)28-20(32)13-3-5-14(6-4-13)25-10-15-11-26-19-18(27-15)21(33)30-23(24)29-19/h3-6,11-12,17,25H,7-10H2,1-2H3,(H,28,32)(H,34,35)(H3,24,26,29,30,33). The Hall–Kier alpha value is -4.35. The Morgan fingerprint density at radius 1 is 1.14 bits per heavy atom. The second kappa shape index (κ2) is 11.2. The van der Waals surface area contributed by atoms with Gasteiger partial charge in [-0.05, 0) is 36.6 Å². The lowest BCUT2D eigenvalue weighted by molar-refractivity contribution is -0.139. The van der Waals surface area contributed by atoms with Gasteiger partial charge in [0, 0.05) is 24.1 Å². The van der Waals surface area contributed by atoms with Crippen LogP contribution < -0.4 is 21.9 Å². The molecule has 0 radical (unpaired) electrons.